The number of nitrogens with one attached hydrogen (secondary N) is 1. The highest BCUT2D eigenvalue weighted by atomic mass is 19.1. The quantitative estimate of drug-likeness (QED) is 0.915. The lowest BCUT2D eigenvalue weighted by Crippen LogP contribution is -2.34. The molecule has 5 heteroatoms. The first-order valence-electron chi connectivity index (χ1n) is 8.09. The van der Waals surface area contributed by atoms with Crippen molar-refractivity contribution in [1.29, 1.82) is 0 Å². The Morgan fingerprint density at radius 2 is 2.13 bits per heavy atom. The predicted octanol–water partition coefficient (Wildman–Crippen LogP) is 3.71. The van der Waals surface area contributed by atoms with Crippen molar-refractivity contribution in [2.45, 2.75) is 45.1 Å². The zero-order valence-electron chi connectivity index (χ0n) is 13.2. The summed E-state index contributed by atoms with van der Waals surface area (Å²) < 4.78 is 19.2. The smallest absolute Gasteiger partial charge is 0.226 e. The second-order valence-electron chi connectivity index (χ2n) is 6.22. The van der Waals surface area contributed by atoms with Crippen molar-refractivity contribution in [3.8, 4) is 0 Å². The van der Waals surface area contributed by atoms with E-state index in [-0.39, 0.29) is 30.1 Å². The van der Waals surface area contributed by atoms with Crippen LogP contribution in [0.3, 0.4) is 0 Å². The molecule has 1 unspecified atom stereocenters. The molecule has 0 aliphatic heterocycles. The van der Waals surface area contributed by atoms with Crippen LogP contribution in [0.15, 0.2) is 34.9 Å². The highest BCUT2D eigenvalue weighted by Gasteiger charge is 2.29. The van der Waals surface area contributed by atoms with Crippen LogP contribution in [0.2, 0.25) is 0 Å². The van der Waals surface area contributed by atoms with E-state index in [1.807, 2.05) is 6.07 Å². The fourth-order valence-corrected chi connectivity index (χ4v) is 3.36. The molecule has 0 bridgehead atoms. The number of halogens is 1. The molecule has 1 aliphatic carbocycles. The fraction of sp³-hybridized carbons (Fsp3) is 0.444. The van der Waals surface area contributed by atoms with Gasteiger partial charge in [0.1, 0.15) is 11.6 Å². The normalized spacial score (nSPS) is 16.4. The summed E-state index contributed by atoms with van der Waals surface area (Å²) in [5.74, 6) is 0.546. The number of carbonyl (C=O) groups is 1. The largest absolute Gasteiger partial charge is 0.361 e. The van der Waals surface area contributed by atoms with Crippen molar-refractivity contribution in [2.75, 3.05) is 0 Å². The molecular weight excluding hydrogens is 295 g/mol. The highest BCUT2D eigenvalue weighted by molar-refractivity contribution is 5.78. The van der Waals surface area contributed by atoms with Gasteiger partial charge in [-0.25, -0.2) is 4.39 Å². The Morgan fingerprint density at radius 1 is 1.39 bits per heavy atom. The monoisotopic (exact) mass is 316 g/mol. The molecule has 0 saturated heterocycles. The second-order valence-corrected chi connectivity index (χ2v) is 6.22. The number of aromatic nitrogens is 1. The Hall–Kier alpha value is -2.17. The van der Waals surface area contributed by atoms with Crippen molar-refractivity contribution in [2.24, 2.45) is 5.92 Å². The van der Waals surface area contributed by atoms with E-state index in [0.29, 0.717) is 17.0 Å². The van der Waals surface area contributed by atoms with E-state index in [2.05, 4.69) is 10.5 Å². The topological polar surface area (TPSA) is 55.1 Å². The first-order valence-corrected chi connectivity index (χ1v) is 8.09. The number of benzene rings is 1. The summed E-state index contributed by atoms with van der Waals surface area (Å²) >= 11 is 0. The molecule has 1 aromatic heterocycles. The molecule has 0 radical (unpaired) electrons. The van der Waals surface area contributed by atoms with E-state index in [1.54, 1.807) is 25.1 Å². The maximum Gasteiger partial charge on any atom is 0.226 e. The van der Waals surface area contributed by atoms with Crippen LogP contribution in [-0.4, -0.2) is 11.1 Å². The molecule has 1 aromatic carbocycles. The number of carbonyl (C=O) groups excluding carboxylic acids is 1. The van der Waals surface area contributed by atoms with Crippen LogP contribution in [0.25, 0.3) is 0 Å². The summed E-state index contributed by atoms with van der Waals surface area (Å²) in [4.78, 5) is 12.4. The summed E-state index contributed by atoms with van der Waals surface area (Å²) in [5.41, 5.74) is 1.17. The molecule has 1 fully saturated rings. The van der Waals surface area contributed by atoms with Gasteiger partial charge in [0.25, 0.3) is 0 Å². The zero-order chi connectivity index (χ0) is 16.2. The molecule has 1 N–H and O–H groups in total. The van der Waals surface area contributed by atoms with Gasteiger partial charge >= 0.3 is 0 Å². The summed E-state index contributed by atoms with van der Waals surface area (Å²) in [5, 5.41) is 6.85. The van der Waals surface area contributed by atoms with Crippen LogP contribution in [0.5, 0.6) is 0 Å². The lowest BCUT2D eigenvalue weighted by atomic mass is 9.91. The van der Waals surface area contributed by atoms with Gasteiger partial charge in [-0.05, 0) is 31.7 Å². The molecule has 23 heavy (non-hydrogen) atoms. The van der Waals surface area contributed by atoms with Crippen molar-refractivity contribution >= 4 is 5.91 Å². The molecule has 1 atom stereocenters. The number of rotatable bonds is 5. The molecule has 2 aromatic rings. The van der Waals surface area contributed by atoms with Gasteiger partial charge in [-0.1, -0.05) is 36.2 Å². The van der Waals surface area contributed by atoms with Crippen LogP contribution in [0.4, 0.5) is 4.39 Å². The van der Waals surface area contributed by atoms with E-state index in [1.165, 1.54) is 6.07 Å². The van der Waals surface area contributed by atoms with Crippen LogP contribution < -0.4 is 5.32 Å². The third-order valence-electron chi connectivity index (χ3n) is 4.45. The average Bonchev–Trinajstić information content (AvgIpc) is 3.18. The van der Waals surface area contributed by atoms with Gasteiger partial charge in [-0.2, -0.15) is 0 Å². The van der Waals surface area contributed by atoms with Gasteiger partial charge < -0.3 is 9.84 Å². The minimum Gasteiger partial charge on any atom is -0.361 e. The summed E-state index contributed by atoms with van der Waals surface area (Å²) in [6, 6.07) is 8.16. The van der Waals surface area contributed by atoms with Crippen molar-refractivity contribution in [3.05, 3.63) is 53.2 Å². The lowest BCUT2D eigenvalue weighted by molar-refractivity contribution is -0.121. The van der Waals surface area contributed by atoms with Gasteiger partial charge in [-0.3, -0.25) is 4.79 Å². The predicted molar refractivity (Wildman–Crippen MR) is 84.2 cm³/mol. The number of hydrogen-bond donors (Lipinski definition) is 1. The molecule has 122 valence electrons. The van der Waals surface area contributed by atoms with Crippen LogP contribution in [0, 0.1) is 18.7 Å². The van der Waals surface area contributed by atoms with Crippen LogP contribution in [0.1, 0.15) is 48.7 Å². The van der Waals surface area contributed by atoms with Crippen LogP contribution in [-0.2, 0) is 11.2 Å². The molecule has 3 rings (SSSR count). The Kier molecular flexibility index (Phi) is 4.74. The number of hydrogen-bond acceptors (Lipinski definition) is 3. The Bertz CT molecular complexity index is 677. The van der Waals surface area contributed by atoms with Gasteiger partial charge in [0.2, 0.25) is 5.91 Å². The van der Waals surface area contributed by atoms with Gasteiger partial charge in [0, 0.05) is 11.6 Å². The average molecular weight is 316 g/mol. The second kappa shape index (κ2) is 6.94. The lowest BCUT2D eigenvalue weighted by Gasteiger charge is -2.25. The van der Waals surface area contributed by atoms with E-state index in [4.69, 9.17) is 4.52 Å². The molecular formula is C18H21FN2O2. The van der Waals surface area contributed by atoms with Crippen molar-refractivity contribution in [1.82, 2.24) is 10.5 Å². The van der Waals surface area contributed by atoms with Gasteiger partial charge in [0.05, 0.1) is 18.2 Å². The molecule has 4 nitrogen and oxygen atoms in total. The van der Waals surface area contributed by atoms with Gasteiger partial charge in [0.15, 0.2) is 0 Å². The molecule has 1 amide bonds. The molecule has 1 heterocycles. The third-order valence-corrected chi connectivity index (χ3v) is 4.45. The standard InChI is InChI=1S/C18H21FN2O2/c1-12-10-14(21-23-12)11-17(22)20-18(13-6-2-3-7-13)15-8-4-5-9-16(15)19/h4-5,8-10,13,18H,2-3,6-7,11H2,1H3,(H,20,22). The Balaban J connectivity index is 1.75. The summed E-state index contributed by atoms with van der Waals surface area (Å²) in [7, 11) is 0. The fourth-order valence-electron chi connectivity index (χ4n) is 3.36. The maximum atomic E-state index is 14.2. The first kappa shape index (κ1) is 15.7. The maximum absolute atomic E-state index is 14.2. The van der Waals surface area contributed by atoms with E-state index in [9.17, 15) is 9.18 Å². The van der Waals surface area contributed by atoms with E-state index < -0.39 is 0 Å². The zero-order valence-corrected chi connectivity index (χ0v) is 13.2. The number of amides is 1. The van der Waals surface area contributed by atoms with Crippen molar-refractivity contribution in [3.63, 3.8) is 0 Å². The molecule has 0 spiro atoms. The van der Waals surface area contributed by atoms with Crippen LogP contribution >= 0.6 is 0 Å². The Morgan fingerprint density at radius 3 is 2.78 bits per heavy atom. The molecule has 1 aliphatic rings. The third kappa shape index (κ3) is 3.78. The summed E-state index contributed by atoms with van der Waals surface area (Å²) in [6.07, 6.45) is 4.45. The SMILES string of the molecule is Cc1cc(CC(=O)NC(c2ccccc2F)C2CCCC2)no1. The Labute approximate surface area is 135 Å². The minimum atomic E-state index is -0.279. The van der Waals surface area contributed by atoms with E-state index in [0.717, 1.165) is 25.7 Å². The summed E-state index contributed by atoms with van der Waals surface area (Å²) in [6.45, 7) is 1.79. The number of nitrogens with zero attached hydrogens (tertiary/aromatic N) is 1. The van der Waals surface area contributed by atoms with E-state index >= 15 is 0 Å². The van der Waals surface area contributed by atoms with Crippen molar-refractivity contribution < 1.29 is 13.7 Å². The minimum absolute atomic E-state index is 0.148. The molecule has 1 saturated carbocycles. The van der Waals surface area contributed by atoms with Gasteiger partial charge in [-0.15, -0.1) is 0 Å². The number of aryl methyl sites for hydroxylation is 1. The first-order chi connectivity index (χ1) is 11.1. The highest BCUT2D eigenvalue weighted by Crippen LogP contribution is 2.36.